The fourth-order valence-electron chi connectivity index (χ4n) is 4.24. The van der Waals surface area contributed by atoms with Gasteiger partial charge in [0.1, 0.15) is 5.75 Å². The largest absolute Gasteiger partial charge is 0.496 e. The molecule has 1 unspecified atom stereocenters. The maximum Gasteiger partial charge on any atom is 0.257 e. The lowest BCUT2D eigenvalue weighted by Gasteiger charge is -2.37. The van der Waals surface area contributed by atoms with Crippen LogP contribution >= 0.6 is 0 Å². The number of likely N-dealkylation sites (tertiary alicyclic amines) is 2. The maximum atomic E-state index is 13.3. The van der Waals surface area contributed by atoms with Crippen LogP contribution in [0.1, 0.15) is 48.9 Å². The summed E-state index contributed by atoms with van der Waals surface area (Å²) in [5, 5.41) is 0. The number of nitrogens with zero attached hydrogens (tertiary/aromatic N) is 2. The highest BCUT2D eigenvalue weighted by Gasteiger charge is 2.30. The molecule has 5 heteroatoms. The van der Waals surface area contributed by atoms with Gasteiger partial charge in [-0.2, -0.15) is 0 Å². The zero-order chi connectivity index (χ0) is 18.4. The minimum atomic E-state index is 0.112. The van der Waals surface area contributed by atoms with Crippen molar-refractivity contribution in [3.8, 4) is 5.75 Å². The quantitative estimate of drug-likeness (QED) is 0.809. The van der Waals surface area contributed by atoms with E-state index in [4.69, 9.17) is 9.47 Å². The number of methoxy groups -OCH3 is 2. The van der Waals surface area contributed by atoms with E-state index in [1.165, 1.54) is 12.8 Å². The van der Waals surface area contributed by atoms with Gasteiger partial charge in [0.05, 0.1) is 18.8 Å². The summed E-state index contributed by atoms with van der Waals surface area (Å²) in [6.45, 7) is 3.94. The summed E-state index contributed by atoms with van der Waals surface area (Å²) in [6, 6.07) is 7.87. The number of hydrogen-bond donors (Lipinski definition) is 0. The molecule has 2 aliphatic heterocycles. The van der Waals surface area contributed by atoms with Crippen LogP contribution in [0.5, 0.6) is 5.75 Å². The number of carbonyl (C=O) groups excluding carboxylic acids is 1. The van der Waals surface area contributed by atoms with Crippen molar-refractivity contribution in [3.05, 3.63) is 29.8 Å². The van der Waals surface area contributed by atoms with E-state index >= 15 is 0 Å². The average Bonchev–Trinajstić information content (AvgIpc) is 2.93. The molecule has 2 heterocycles. The van der Waals surface area contributed by atoms with Gasteiger partial charge in [0.15, 0.2) is 0 Å². The summed E-state index contributed by atoms with van der Waals surface area (Å²) < 4.78 is 10.9. The summed E-state index contributed by atoms with van der Waals surface area (Å²) in [5.41, 5.74) is 0.681. The summed E-state index contributed by atoms with van der Waals surface area (Å²) in [6.07, 6.45) is 7.15. The van der Waals surface area contributed by atoms with Crippen molar-refractivity contribution >= 4 is 5.91 Å². The number of ether oxygens (including phenoxy) is 2. The van der Waals surface area contributed by atoms with E-state index in [0.717, 1.165) is 51.9 Å². The van der Waals surface area contributed by atoms with Gasteiger partial charge in [-0.3, -0.25) is 4.79 Å². The van der Waals surface area contributed by atoms with Crippen LogP contribution in [-0.4, -0.2) is 68.3 Å². The van der Waals surface area contributed by atoms with E-state index in [2.05, 4.69) is 9.80 Å². The normalized spacial score (nSPS) is 22.8. The molecule has 26 heavy (non-hydrogen) atoms. The second-order valence-corrected chi connectivity index (χ2v) is 7.44. The Morgan fingerprint density at radius 3 is 2.54 bits per heavy atom. The number of piperidine rings is 1. The number of hydrogen-bond acceptors (Lipinski definition) is 4. The molecule has 0 bridgehead atoms. The predicted molar refractivity (Wildman–Crippen MR) is 103 cm³/mol. The van der Waals surface area contributed by atoms with E-state index < -0.39 is 0 Å². The Hall–Kier alpha value is -1.59. The van der Waals surface area contributed by atoms with Gasteiger partial charge in [-0.1, -0.05) is 25.0 Å². The molecule has 2 fully saturated rings. The van der Waals surface area contributed by atoms with E-state index in [1.54, 1.807) is 14.2 Å². The van der Waals surface area contributed by atoms with Gasteiger partial charge in [0, 0.05) is 39.3 Å². The Morgan fingerprint density at radius 1 is 1.04 bits per heavy atom. The predicted octanol–water partition coefficient (Wildman–Crippen LogP) is 3.19. The zero-order valence-electron chi connectivity index (χ0n) is 16.2. The molecular formula is C21H32N2O3. The number of rotatable bonds is 5. The first kappa shape index (κ1) is 19.2. The molecule has 5 nitrogen and oxygen atoms in total. The Balaban J connectivity index is 1.71. The van der Waals surface area contributed by atoms with Crippen molar-refractivity contribution < 1.29 is 14.3 Å². The zero-order valence-corrected chi connectivity index (χ0v) is 16.2. The third-order valence-corrected chi connectivity index (χ3v) is 5.81. The molecule has 144 valence electrons. The molecule has 3 rings (SSSR count). The Morgan fingerprint density at radius 2 is 1.81 bits per heavy atom. The van der Waals surface area contributed by atoms with Crippen LogP contribution in [0.3, 0.4) is 0 Å². The Labute approximate surface area is 157 Å². The van der Waals surface area contributed by atoms with Crippen LogP contribution in [0.2, 0.25) is 0 Å². The second kappa shape index (κ2) is 9.38. The fraction of sp³-hybridized carbons (Fsp3) is 0.667. The first-order chi connectivity index (χ1) is 12.7. The highest BCUT2D eigenvalue weighted by molar-refractivity contribution is 5.97. The smallest absolute Gasteiger partial charge is 0.257 e. The summed E-state index contributed by atoms with van der Waals surface area (Å²) in [5.74, 6) is 0.780. The van der Waals surface area contributed by atoms with E-state index in [1.807, 2.05) is 24.3 Å². The van der Waals surface area contributed by atoms with Crippen LogP contribution in [0.4, 0.5) is 0 Å². The molecule has 0 aromatic heterocycles. The molecule has 0 N–H and O–H groups in total. The first-order valence-corrected chi connectivity index (χ1v) is 9.92. The Kier molecular flexibility index (Phi) is 6.92. The van der Waals surface area contributed by atoms with Crippen LogP contribution in [0, 0.1) is 0 Å². The van der Waals surface area contributed by atoms with Crippen LogP contribution in [0.15, 0.2) is 24.3 Å². The van der Waals surface area contributed by atoms with Crippen LogP contribution in [-0.2, 0) is 4.74 Å². The van der Waals surface area contributed by atoms with Gasteiger partial charge in [0.2, 0.25) is 0 Å². The molecule has 0 saturated carbocycles. The van der Waals surface area contributed by atoms with Crippen molar-refractivity contribution in [2.24, 2.45) is 0 Å². The van der Waals surface area contributed by atoms with Gasteiger partial charge in [0.25, 0.3) is 5.91 Å². The lowest BCUT2D eigenvalue weighted by Crippen LogP contribution is -2.49. The van der Waals surface area contributed by atoms with Crippen molar-refractivity contribution in [2.45, 2.75) is 50.7 Å². The maximum absolute atomic E-state index is 13.3. The van der Waals surface area contributed by atoms with Gasteiger partial charge in [-0.25, -0.2) is 0 Å². The molecule has 1 aromatic carbocycles. The minimum absolute atomic E-state index is 0.112. The Bertz CT molecular complexity index is 584. The first-order valence-electron chi connectivity index (χ1n) is 9.92. The van der Waals surface area contributed by atoms with Crippen LogP contribution < -0.4 is 4.74 Å². The SMILES string of the molecule is COc1ccccc1C(=O)N1CCCCCC1CN1CCC(OC)CC1. The molecule has 1 aromatic rings. The van der Waals surface area contributed by atoms with Gasteiger partial charge in [-0.05, 0) is 37.8 Å². The molecule has 1 atom stereocenters. The lowest BCUT2D eigenvalue weighted by molar-refractivity contribution is 0.0290. The van der Waals surface area contributed by atoms with E-state index in [-0.39, 0.29) is 11.9 Å². The monoisotopic (exact) mass is 360 g/mol. The summed E-state index contributed by atoms with van der Waals surface area (Å²) in [7, 11) is 3.44. The summed E-state index contributed by atoms with van der Waals surface area (Å²) in [4.78, 5) is 17.9. The van der Waals surface area contributed by atoms with Gasteiger partial charge in [-0.15, -0.1) is 0 Å². The highest BCUT2D eigenvalue weighted by Crippen LogP contribution is 2.25. The number of benzene rings is 1. The van der Waals surface area contributed by atoms with Crippen molar-refractivity contribution in [2.75, 3.05) is 40.4 Å². The van der Waals surface area contributed by atoms with Gasteiger partial charge < -0.3 is 19.3 Å². The molecule has 0 radical (unpaired) electrons. The average molecular weight is 360 g/mol. The highest BCUT2D eigenvalue weighted by atomic mass is 16.5. The molecular weight excluding hydrogens is 328 g/mol. The fourth-order valence-corrected chi connectivity index (χ4v) is 4.24. The summed E-state index contributed by atoms with van der Waals surface area (Å²) >= 11 is 0. The van der Waals surface area contributed by atoms with Gasteiger partial charge >= 0.3 is 0 Å². The lowest BCUT2D eigenvalue weighted by atomic mass is 10.0. The third-order valence-electron chi connectivity index (χ3n) is 5.81. The molecule has 2 aliphatic rings. The van der Waals surface area contributed by atoms with Crippen molar-refractivity contribution in [1.82, 2.24) is 9.80 Å². The van der Waals surface area contributed by atoms with Crippen LogP contribution in [0.25, 0.3) is 0 Å². The number of carbonyl (C=O) groups is 1. The molecule has 2 saturated heterocycles. The van der Waals surface area contributed by atoms with E-state index in [9.17, 15) is 4.79 Å². The molecule has 0 aliphatic carbocycles. The number of amides is 1. The minimum Gasteiger partial charge on any atom is -0.496 e. The molecule has 0 spiro atoms. The topological polar surface area (TPSA) is 42.0 Å². The van der Waals surface area contributed by atoms with Crippen molar-refractivity contribution in [3.63, 3.8) is 0 Å². The van der Waals surface area contributed by atoms with Crippen molar-refractivity contribution in [1.29, 1.82) is 0 Å². The second-order valence-electron chi connectivity index (χ2n) is 7.44. The number of para-hydroxylation sites is 1. The van der Waals surface area contributed by atoms with E-state index in [0.29, 0.717) is 17.4 Å². The standard InChI is InChI=1S/C21H32N2O3/c1-25-18-11-14-22(15-12-18)16-17-8-4-3-7-13-23(17)21(24)19-9-5-6-10-20(19)26-2/h5-6,9-10,17-18H,3-4,7-8,11-16H2,1-2H3. The molecule has 1 amide bonds. The third kappa shape index (κ3) is 4.57.